The third-order valence-corrected chi connectivity index (χ3v) is 5.60. The van der Waals surface area contributed by atoms with Crippen LogP contribution in [-0.2, 0) is 4.79 Å². The van der Waals surface area contributed by atoms with E-state index in [9.17, 15) is 4.79 Å². The summed E-state index contributed by atoms with van der Waals surface area (Å²) < 4.78 is 1.63. The van der Waals surface area contributed by atoms with Gasteiger partial charge in [-0.2, -0.15) is 4.68 Å². The molecule has 3 atom stereocenters. The summed E-state index contributed by atoms with van der Waals surface area (Å²) in [7, 11) is 0. The molecule has 25 heavy (non-hydrogen) atoms. The number of carbonyl (C=O) groups is 1. The molecule has 1 aromatic carbocycles. The van der Waals surface area contributed by atoms with Gasteiger partial charge in [0, 0.05) is 18.1 Å². The largest absolute Gasteiger partial charge is 0.341 e. The zero-order valence-electron chi connectivity index (χ0n) is 14.6. The number of hydrogen-bond donors (Lipinski definition) is 0. The number of likely N-dealkylation sites (tertiary alicyclic amines) is 1. The van der Waals surface area contributed by atoms with Crippen LogP contribution in [0.25, 0.3) is 5.69 Å². The van der Waals surface area contributed by atoms with Gasteiger partial charge in [0.1, 0.15) is 0 Å². The molecule has 0 aliphatic carbocycles. The summed E-state index contributed by atoms with van der Waals surface area (Å²) in [5, 5.41) is 12.9. The number of rotatable bonds is 4. The van der Waals surface area contributed by atoms with Crippen molar-refractivity contribution in [3.8, 4) is 5.69 Å². The zero-order valence-corrected chi connectivity index (χ0v) is 16.2. The summed E-state index contributed by atoms with van der Waals surface area (Å²) in [6, 6.07) is 7.28. The Morgan fingerprint density at radius 2 is 1.88 bits per heavy atom. The second kappa shape index (κ2) is 7.74. The Morgan fingerprint density at radius 3 is 2.52 bits per heavy atom. The molecule has 0 saturated carbocycles. The van der Waals surface area contributed by atoms with E-state index >= 15 is 0 Å². The van der Waals surface area contributed by atoms with Gasteiger partial charge in [0.15, 0.2) is 0 Å². The first-order valence-corrected chi connectivity index (χ1v) is 9.69. The predicted molar refractivity (Wildman–Crippen MR) is 99.0 cm³/mol. The Hall–Kier alpha value is -1.60. The summed E-state index contributed by atoms with van der Waals surface area (Å²) in [4.78, 5) is 14.8. The third-order valence-electron chi connectivity index (χ3n) is 4.32. The Kier molecular flexibility index (Phi) is 5.64. The maximum absolute atomic E-state index is 12.8. The van der Waals surface area contributed by atoms with Crippen molar-refractivity contribution in [1.82, 2.24) is 25.1 Å². The van der Waals surface area contributed by atoms with Gasteiger partial charge in [-0.15, -0.1) is 5.10 Å². The van der Waals surface area contributed by atoms with Crippen molar-refractivity contribution in [2.24, 2.45) is 11.8 Å². The number of tetrazole rings is 1. The molecule has 0 N–H and O–H groups in total. The lowest BCUT2D eigenvalue weighted by atomic mass is 9.92. The third kappa shape index (κ3) is 4.33. The molecule has 0 radical (unpaired) electrons. The first kappa shape index (κ1) is 18.2. The van der Waals surface area contributed by atoms with Crippen LogP contribution < -0.4 is 0 Å². The molecule has 8 heteroatoms. The number of carbonyl (C=O) groups excluding carboxylic acids is 1. The summed E-state index contributed by atoms with van der Waals surface area (Å²) in [5.74, 6) is 1.24. The Balaban J connectivity index is 1.71. The van der Waals surface area contributed by atoms with Crippen molar-refractivity contribution >= 4 is 29.3 Å². The van der Waals surface area contributed by atoms with Crippen LogP contribution in [0.4, 0.5) is 0 Å². The second-order valence-electron chi connectivity index (χ2n) is 6.80. The molecular weight excluding hydrogens is 358 g/mol. The van der Waals surface area contributed by atoms with E-state index in [1.807, 2.05) is 24.0 Å². The monoisotopic (exact) mass is 379 g/mol. The number of aromatic nitrogens is 4. The summed E-state index contributed by atoms with van der Waals surface area (Å²) in [6.07, 6.45) is 1.18. The molecule has 1 aliphatic heterocycles. The molecule has 134 valence electrons. The molecule has 1 fully saturated rings. The van der Waals surface area contributed by atoms with E-state index in [1.54, 1.807) is 16.8 Å². The fourth-order valence-electron chi connectivity index (χ4n) is 3.31. The summed E-state index contributed by atoms with van der Waals surface area (Å²) in [5.41, 5.74) is 0.816. The van der Waals surface area contributed by atoms with Crippen molar-refractivity contribution < 1.29 is 4.79 Å². The van der Waals surface area contributed by atoms with Crippen molar-refractivity contribution in [3.05, 3.63) is 29.3 Å². The van der Waals surface area contributed by atoms with Gasteiger partial charge in [0.25, 0.3) is 0 Å². The lowest BCUT2D eigenvalue weighted by Crippen LogP contribution is -2.45. The van der Waals surface area contributed by atoms with Crippen molar-refractivity contribution in [2.75, 3.05) is 13.1 Å². The average Bonchev–Trinajstić information content (AvgIpc) is 3.02. The van der Waals surface area contributed by atoms with Crippen LogP contribution in [-0.4, -0.2) is 49.4 Å². The van der Waals surface area contributed by atoms with Gasteiger partial charge in [-0.3, -0.25) is 4.79 Å². The van der Waals surface area contributed by atoms with Gasteiger partial charge in [0.05, 0.1) is 10.9 Å². The minimum Gasteiger partial charge on any atom is -0.341 e. The van der Waals surface area contributed by atoms with Crippen LogP contribution >= 0.6 is 23.4 Å². The number of piperidine rings is 1. The van der Waals surface area contributed by atoms with E-state index in [4.69, 9.17) is 11.6 Å². The summed E-state index contributed by atoms with van der Waals surface area (Å²) in [6.45, 7) is 7.98. The van der Waals surface area contributed by atoms with Gasteiger partial charge >= 0.3 is 0 Å². The van der Waals surface area contributed by atoms with E-state index in [0.717, 1.165) is 18.8 Å². The Bertz CT molecular complexity index is 725. The van der Waals surface area contributed by atoms with E-state index in [0.29, 0.717) is 22.0 Å². The van der Waals surface area contributed by atoms with E-state index in [2.05, 4.69) is 29.4 Å². The minimum atomic E-state index is -0.241. The van der Waals surface area contributed by atoms with Crippen molar-refractivity contribution in [2.45, 2.75) is 37.6 Å². The Morgan fingerprint density at radius 1 is 1.24 bits per heavy atom. The molecule has 1 saturated heterocycles. The van der Waals surface area contributed by atoms with E-state index in [1.165, 1.54) is 18.2 Å². The molecule has 2 heterocycles. The Labute approximate surface area is 156 Å². The van der Waals surface area contributed by atoms with Crippen LogP contribution in [0.15, 0.2) is 29.4 Å². The topological polar surface area (TPSA) is 63.9 Å². The van der Waals surface area contributed by atoms with Crippen LogP contribution in [0.3, 0.4) is 0 Å². The normalized spacial score (nSPS) is 22.0. The number of amides is 1. The maximum atomic E-state index is 12.8. The van der Waals surface area contributed by atoms with Crippen LogP contribution in [0.5, 0.6) is 0 Å². The number of benzene rings is 1. The van der Waals surface area contributed by atoms with E-state index < -0.39 is 0 Å². The van der Waals surface area contributed by atoms with E-state index in [-0.39, 0.29) is 11.2 Å². The molecule has 0 spiro atoms. The number of nitrogens with zero attached hydrogens (tertiary/aromatic N) is 5. The standard InChI is InChI=1S/C17H22ClN5OS/c1-11-8-12(2)10-22(9-11)16(24)13(3)25-17-19-20-21-23(17)15-6-4-14(18)5-7-15/h4-7,11-13H,8-10H2,1-3H3/t11-,12-,13-/m1/s1. The minimum absolute atomic E-state index is 0.147. The lowest BCUT2D eigenvalue weighted by Gasteiger charge is -2.36. The summed E-state index contributed by atoms with van der Waals surface area (Å²) >= 11 is 7.31. The predicted octanol–water partition coefficient (Wildman–Crippen LogP) is 3.30. The smallest absolute Gasteiger partial charge is 0.235 e. The van der Waals surface area contributed by atoms with Gasteiger partial charge in [0.2, 0.25) is 11.1 Å². The first-order valence-electron chi connectivity index (χ1n) is 8.43. The molecule has 1 aliphatic rings. The molecule has 6 nitrogen and oxygen atoms in total. The van der Waals surface area contributed by atoms with Crippen LogP contribution in [0.2, 0.25) is 5.02 Å². The highest BCUT2D eigenvalue weighted by Crippen LogP contribution is 2.27. The molecule has 1 aromatic heterocycles. The highest BCUT2D eigenvalue weighted by atomic mass is 35.5. The van der Waals surface area contributed by atoms with Gasteiger partial charge in [-0.05, 0) is 59.9 Å². The fourth-order valence-corrected chi connectivity index (χ4v) is 4.32. The van der Waals surface area contributed by atoms with Gasteiger partial charge < -0.3 is 4.90 Å². The fraction of sp³-hybridized carbons (Fsp3) is 0.529. The number of hydrogen-bond acceptors (Lipinski definition) is 5. The number of thioether (sulfide) groups is 1. The van der Waals surface area contributed by atoms with Crippen LogP contribution in [0.1, 0.15) is 27.2 Å². The van der Waals surface area contributed by atoms with Gasteiger partial charge in [-0.1, -0.05) is 37.2 Å². The zero-order chi connectivity index (χ0) is 18.0. The SMILES string of the molecule is C[C@@H]1C[C@@H](C)CN(C(=O)[C@@H](C)Sc2nnnn2-c2ccc(Cl)cc2)C1. The molecule has 3 rings (SSSR count). The molecule has 1 amide bonds. The average molecular weight is 380 g/mol. The maximum Gasteiger partial charge on any atom is 0.235 e. The molecule has 0 unspecified atom stereocenters. The highest BCUT2D eigenvalue weighted by Gasteiger charge is 2.29. The first-order chi connectivity index (χ1) is 11.9. The van der Waals surface area contributed by atoms with Crippen LogP contribution in [0, 0.1) is 11.8 Å². The molecular formula is C17H22ClN5OS. The lowest BCUT2D eigenvalue weighted by molar-refractivity contribution is -0.132. The molecule has 0 bridgehead atoms. The number of halogens is 1. The van der Waals surface area contributed by atoms with Crippen molar-refractivity contribution in [3.63, 3.8) is 0 Å². The highest BCUT2D eigenvalue weighted by molar-refractivity contribution is 8.00. The molecule has 2 aromatic rings. The van der Waals surface area contributed by atoms with Crippen molar-refractivity contribution in [1.29, 1.82) is 0 Å². The van der Waals surface area contributed by atoms with Gasteiger partial charge in [-0.25, -0.2) is 0 Å². The second-order valence-corrected chi connectivity index (χ2v) is 8.54. The quantitative estimate of drug-likeness (QED) is 0.762.